The Balaban J connectivity index is 1.98. The van der Waals surface area contributed by atoms with E-state index < -0.39 is 34.8 Å². The van der Waals surface area contributed by atoms with Crippen LogP contribution in [0.1, 0.15) is 24.3 Å². The quantitative estimate of drug-likeness (QED) is 0.654. The molecule has 1 fully saturated rings. The molecule has 0 bridgehead atoms. The Labute approximate surface area is 136 Å². The van der Waals surface area contributed by atoms with Gasteiger partial charge in [-0.15, -0.1) is 12.6 Å². The Morgan fingerprint density at radius 3 is 2.65 bits per heavy atom. The van der Waals surface area contributed by atoms with E-state index in [9.17, 15) is 18.0 Å². The lowest BCUT2D eigenvalue weighted by molar-refractivity contribution is -0.136. The van der Waals surface area contributed by atoms with E-state index in [2.05, 4.69) is 12.6 Å². The molecule has 0 radical (unpaired) electrons. The highest BCUT2D eigenvalue weighted by molar-refractivity contribution is 7.80. The Morgan fingerprint density at radius 1 is 1.35 bits per heavy atom. The van der Waals surface area contributed by atoms with Crippen LogP contribution < -0.4 is 0 Å². The van der Waals surface area contributed by atoms with Gasteiger partial charge in [-0.2, -0.15) is 0 Å². The zero-order valence-corrected chi connectivity index (χ0v) is 13.2. The maximum atomic E-state index is 14.0. The summed E-state index contributed by atoms with van der Waals surface area (Å²) in [6, 6.07) is 1.67. The van der Waals surface area contributed by atoms with Gasteiger partial charge in [-0.3, -0.25) is 4.79 Å². The van der Waals surface area contributed by atoms with Crippen LogP contribution in [-0.2, 0) is 4.79 Å². The molecular weight excluding hydrogens is 329 g/mol. The molecule has 1 N–H and O–H groups in total. The highest BCUT2D eigenvalue weighted by atomic mass is 32.1. The molecule has 3 rings (SSSR count). The largest absolute Gasteiger partial charge is 0.481 e. The first-order valence-corrected chi connectivity index (χ1v) is 7.57. The minimum absolute atomic E-state index is 0.194. The number of carbonyl (C=O) groups is 1. The van der Waals surface area contributed by atoms with Crippen molar-refractivity contribution in [2.45, 2.75) is 24.3 Å². The summed E-state index contributed by atoms with van der Waals surface area (Å²) in [5, 5.41) is 9.03. The number of fused-ring (bicyclic) bond motifs is 1. The number of hydrogen-bond acceptors (Lipinski definition) is 4. The van der Waals surface area contributed by atoms with Crippen LogP contribution in [-0.4, -0.2) is 40.0 Å². The lowest BCUT2D eigenvalue weighted by Gasteiger charge is -2.27. The third kappa shape index (κ3) is 2.54. The van der Waals surface area contributed by atoms with Gasteiger partial charge in [0.05, 0.1) is 6.42 Å². The zero-order valence-electron chi connectivity index (χ0n) is 12.3. The predicted molar refractivity (Wildman–Crippen MR) is 80.2 cm³/mol. The number of hydrogen-bond donors (Lipinski definition) is 2. The summed E-state index contributed by atoms with van der Waals surface area (Å²) < 4.78 is 41.4. The summed E-state index contributed by atoms with van der Waals surface area (Å²) >= 11 is 4.42. The van der Waals surface area contributed by atoms with Crippen LogP contribution in [0.5, 0.6) is 0 Å². The second-order valence-electron chi connectivity index (χ2n) is 5.73. The lowest BCUT2D eigenvalue weighted by atomic mass is 9.95. The molecule has 1 aromatic rings. The molecule has 1 aromatic carbocycles. The van der Waals surface area contributed by atoms with Crippen molar-refractivity contribution in [3.05, 3.63) is 46.5 Å². The summed E-state index contributed by atoms with van der Waals surface area (Å²) in [6.45, 7) is 0.258. The number of benzene rings is 1. The van der Waals surface area contributed by atoms with Gasteiger partial charge < -0.3 is 14.9 Å². The highest BCUT2D eigenvalue weighted by Gasteiger charge is 2.42. The van der Waals surface area contributed by atoms with Crippen molar-refractivity contribution < 1.29 is 23.1 Å². The molecule has 23 heavy (non-hydrogen) atoms. The molecule has 1 unspecified atom stereocenters. The van der Waals surface area contributed by atoms with Crippen molar-refractivity contribution >= 4 is 18.6 Å². The van der Waals surface area contributed by atoms with Crippen LogP contribution in [0.4, 0.5) is 13.2 Å². The van der Waals surface area contributed by atoms with Crippen molar-refractivity contribution in [2.24, 2.45) is 0 Å². The first-order chi connectivity index (χ1) is 10.8. The molecule has 2 aliphatic rings. The second kappa shape index (κ2) is 5.67. The van der Waals surface area contributed by atoms with Gasteiger partial charge in [0, 0.05) is 36.5 Å². The maximum Gasteiger partial charge on any atom is 0.309 e. The lowest BCUT2D eigenvalue weighted by Crippen LogP contribution is -2.33. The van der Waals surface area contributed by atoms with Crippen molar-refractivity contribution in [3.8, 4) is 0 Å². The van der Waals surface area contributed by atoms with Crippen molar-refractivity contribution in [2.75, 3.05) is 13.6 Å². The van der Waals surface area contributed by atoms with Crippen molar-refractivity contribution in [1.82, 2.24) is 9.80 Å². The van der Waals surface area contributed by atoms with E-state index in [0.717, 1.165) is 12.1 Å². The molecule has 0 aromatic heterocycles. The first-order valence-electron chi connectivity index (χ1n) is 7.06. The zero-order chi connectivity index (χ0) is 16.9. The number of rotatable bonds is 3. The fraction of sp³-hybridized carbons (Fsp3) is 0.400. The van der Waals surface area contributed by atoms with E-state index in [1.54, 1.807) is 16.8 Å². The van der Waals surface area contributed by atoms with Crippen LogP contribution in [0.2, 0.25) is 0 Å². The van der Waals surface area contributed by atoms with Gasteiger partial charge in [0.1, 0.15) is 11.3 Å². The molecule has 124 valence electrons. The van der Waals surface area contributed by atoms with E-state index in [4.69, 9.17) is 5.11 Å². The molecule has 2 aliphatic heterocycles. The number of nitrogens with zero attached hydrogens (tertiary/aromatic N) is 2. The average Bonchev–Trinajstić information content (AvgIpc) is 2.99. The van der Waals surface area contributed by atoms with Crippen LogP contribution in [0.15, 0.2) is 23.5 Å². The van der Waals surface area contributed by atoms with E-state index in [1.807, 2.05) is 0 Å². The maximum absolute atomic E-state index is 14.0. The molecule has 2 atom stereocenters. The summed E-state index contributed by atoms with van der Waals surface area (Å²) in [7, 11) is 1.72. The number of halogens is 3. The van der Waals surface area contributed by atoms with Crippen LogP contribution in [0.25, 0.3) is 0 Å². The number of carboxylic acid groups (broad SMARTS) is 1. The van der Waals surface area contributed by atoms with Crippen LogP contribution in [0, 0.1) is 17.5 Å². The third-order valence-electron chi connectivity index (χ3n) is 4.39. The van der Waals surface area contributed by atoms with Gasteiger partial charge in [0.2, 0.25) is 0 Å². The summed E-state index contributed by atoms with van der Waals surface area (Å²) in [6.07, 6.45) is 0.0571. The summed E-state index contributed by atoms with van der Waals surface area (Å²) in [4.78, 5) is 14.6. The van der Waals surface area contributed by atoms with E-state index in [0.29, 0.717) is 11.4 Å². The van der Waals surface area contributed by atoms with Crippen molar-refractivity contribution in [1.29, 1.82) is 0 Å². The molecule has 4 nitrogen and oxygen atoms in total. The smallest absolute Gasteiger partial charge is 0.309 e. The third-order valence-corrected chi connectivity index (χ3v) is 5.02. The van der Waals surface area contributed by atoms with Gasteiger partial charge >= 0.3 is 5.97 Å². The summed E-state index contributed by atoms with van der Waals surface area (Å²) in [5.74, 6) is -4.63. The Bertz CT molecular complexity index is 710. The van der Waals surface area contributed by atoms with Crippen LogP contribution >= 0.6 is 12.6 Å². The highest BCUT2D eigenvalue weighted by Crippen LogP contribution is 2.45. The minimum Gasteiger partial charge on any atom is -0.481 e. The number of aliphatic carboxylic acids is 1. The molecular formula is C15H15F3N2O2S. The molecule has 0 saturated carbocycles. The fourth-order valence-corrected chi connectivity index (χ4v) is 3.69. The molecule has 1 saturated heterocycles. The van der Waals surface area contributed by atoms with E-state index >= 15 is 0 Å². The number of thiol groups is 1. The molecule has 0 spiro atoms. The van der Waals surface area contributed by atoms with Gasteiger partial charge in [0.25, 0.3) is 0 Å². The van der Waals surface area contributed by atoms with Crippen LogP contribution in [0.3, 0.4) is 0 Å². The molecule has 8 heteroatoms. The second-order valence-corrected chi connectivity index (χ2v) is 6.19. The van der Waals surface area contributed by atoms with Gasteiger partial charge in [-0.05, 0) is 18.6 Å². The Kier molecular flexibility index (Phi) is 3.95. The predicted octanol–water partition coefficient (Wildman–Crippen LogP) is 2.74. The normalized spacial score (nSPS) is 23.7. The van der Waals surface area contributed by atoms with Crippen molar-refractivity contribution in [3.63, 3.8) is 0 Å². The number of allylic oxidation sites excluding steroid dienone is 1. The molecule has 0 amide bonds. The van der Waals surface area contributed by atoms with Gasteiger partial charge in [-0.1, -0.05) is 0 Å². The molecule has 2 heterocycles. The molecule has 0 aliphatic carbocycles. The van der Waals surface area contributed by atoms with E-state index in [1.165, 1.54) is 0 Å². The Morgan fingerprint density at radius 2 is 2.00 bits per heavy atom. The number of carboxylic acids is 1. The minimum atomic E-state index is -1.18. The monoisotopic (exact) mass is 344 g/mol. The SMILES string of the molecule is CN1C(CC(=O)O)=C2C[C@@H](c3c(F)ccc(F)c3F)CN2C1S. The van der Waals surface area contributed by atoms with Gasteiger partial charge in [0.15, 0.2) is 11.6 Å². The fourth-order valence-electron chi connectivity index (χ4n) is 3.31. The Hall–Kier alpha value is -1.83. The topological polar surface area (TPSA) is 43.8 Å². The summed E-state index contributed by atoms with van der Waals surface area (Å²) in [5.41, 5.74) is 0.578. The van der Waals surface area contributed by atoms with E-state index in [-0.39, 0.29) is 24.9 Å². The standard InChI is InChI=1S/C15H15F3N2O2S/c1-19-10(5-12(21)22)11-4-7(6-20(11)15(19)23)13-8(16)2-3-9(17)14(13)18/h2-3,7,15,23H,4-6H2,1H3,(H,21,22)/t7-,15?/m1/s1. The van der Waals surface area contributed by atoms with Gasteiger partial charge in [-0.25, -0.2) is 13.2 Å². The average molecular weight is 344 g/mol. The first kappa shape index (κ1) is 16.0.